The average Bonchev–Trinajstić information content (AvgIpc) is 2.44. The van der Waals surface area contributed by atoms with Gasteiger partial charge in [-0.1, -0.05) is 34.5 Å². The Bertz CT molecular complexity index is 456. The summed E-state index contributed by atoms with van der Waals surface area (Å²) in [4.78, 5) is 0. The van der Waals surface area contributed by atoms with Gasteiger partial charge in [-0.3, -0.25) is 0 Å². The molecular weight excluding hydrogens is 413 g/mol. The molecule has 1 aliphatic carbocycles. The lowest BCUT2D eigenvalue weighted by molar-refractivity contribution is 0.545. The molecule has 0 saturated heterocycles. The van der Waals surface area contributed by atoms with E-state index in [1.165, 1.54) is 45.7 Å². The Hall–Kier alpha value is 0.130. The summed E-state index contributed by atoms with van der Waals surface area (Å²) in [7, 11) is 0. The molecule has 104 valence electrons. The summed E-state index contributed by atoms with van der Waals surface area (Å²) in [6, 6.07) is 6.98. The molecule has 0 fully saturated rings. The number of benzene rings is 1. The molecule has 19 heavy (non-hydrogen) atoms. The molecule has 1 aliphatic rings. The van der Waals surface area contributed by atoms with Crippen LogP contribution in [0, 0.1) is 3.57 Å². The van der Waals surface area contributed by atoms with Crippen molar-refractivity contribution >= 4 is 38.5 Å². The number of rotatable bonds is 5. The summed E-state index contributed by atoms with van der Waals surface area (Å²) in [5.41, 5.74) is 2.99. The highest BCUT2D eigenvalue weighted by Crippen LogP contribution is 2.33. The summed E-state index contributed by atoms with van der Waals surface area (Å²) >= 11 is 6.06. The molecule has 0 spiro atoms. The van der Waals surface area contributed by atoms with Crippen LogP contribution < -0.4 is 5.32 Å². The molecule has 1 aromatic carbocycles. The lowest BCUT2D eigenvalue weighted by Crippen LogP contribution is -2.25. The largest absolute Gasteiger partial charge is 0.307 e. The third-order valence-electron chi connectivity index (χ3n) is 3.56. The standard InChI is InChI=1S/C16H21BrIN/c1-2-10-19-16(12-6-4-3-5-7-12)14-11-13(17)8-9-15(14)18/h6,8-9,11,16,19H,2-5,7,10H2,1H3. The fraction of sp³-hybridized carbons (Fsp3) is 0.500. The molecule has 0 aliphatic heterocycles. The first kappa shape index (κ1) is 15.5. The maximum absolute atomic E-state index is 3.73. The van der Waals surface area contributed by atoms with Crippen LogP contribution >= 0.6 is 38.5 Å². The maximum atomic E-state index is 3.73. The van der Waals surface area contributed by atoms with Gasteiger partial charge in [0.1, 0.15) is 0 Å². The molecule has 0 amide bonds. The van der Waals surface area contributed by atoms with Crippen molar-refractivity contribution in [2.45, 2.75) is 45.1 Å². The highest BCUT2D eigenvalue weighted by Gasteiger charge is 2.19. The molecular formula is C16H21BrIN. The van der Waals surface area contributed by atoms with E-state index in [-0.39, 0.29) is 0 Å². The van der Waals surface area contributed by atoms with Gasteiger partial charge in [0.25, 0.3) is 0 Å². The van der Waals surface area contributed by atoms with Gasteiger partial charge in [-0.15, -0.1) is 0 Å². The molecule has 3 heteroatoms. The van der Waals surface area contributed by atoms with E-state index in [0.29, 0.717) is 6.04 Å². The fourth-order valence-corrected chi connectivity index (χ4v) is 3.62. The van der Waals surface area contributed by atoms with Gasteiger partial charge >= 0.3 is 0 Å². The van der Waals surface area contributed by atoms with Crippen molar-refractivity contribution in [1.29, 1.82) is 0 Å². The van der Waals surface area contributed by atoms with Crippen molar-refractivity contribution in [2.75, 3.05) is 6.54 Å². The molecule has 0 heterocycles. The van der Waals surface area contributed by atoms with Crippen molar-refractivity contribution in [3.63, 3.8) is 0 Å². The van der Waals surface area contributed by atoms with Crippen LogP contribution in [0.3, 0.4) is 0 Å². The molecule has 0 aromatic heterocycles. The van der Waals surface area contributed by atoms with Gasteiger partial charge in [0.15, 0.2) is 0 Å². The van der Waals surface area contributed by atoms with E-state index in [9.17, 15) is 0 Å². The Balaban J connectivity index is 2.30. The van der Waals surface area contributed by atoms with Crippen LogP contribution in [0.4, 0.5) is 0 Å². The van der Waals surface area contributed by atoms with Crippen molar-refractivity contribution in [3.05, 3.63) is 43.5 Å². The van der Waals surface area contributed by atoms with Crippen LogP contribution in [0.5, 0.6) is 0 Å². The van der Waals surface area contributed by atoms with Gasteiger partial charge in [-0.25, -0.2) is 0 Å². The molecule has 1 aromatic rings. The minimum atomic E-state index is 0.393. The van der Waals surface area contributed by atoms with E-state index in [1.54, 1.807) is 5.57 Å². The molecule has 1 nitrogen and oxygen atoms in total. The first-order valence-corrected chi connectivity index (χ1v) is 8.96. The monoisotopic (exact) mass is 433 g/mol. The first-order valence-electron chi connectivity index (χ1n) is 7.09. The smallest absolute Gasteiger partial charge is 0.0546 e. The molecule has 1 atom stereocenters. The zero-order chi connectivity index (χ0) is 13.7. The highest BCUT2D eigenvalue weighted by atomic mass is 127. The van der Waals surface area contributed by atoms with Crippen LogP contribution in [0.15, 0.2) is 34.3 Å². The zero-order valence-corrected chi connectivity index (χ0v) is 15.1. The third kappa shape index (κ3) is 4.30. The maximum Gasteiger partial charge on any atom is 0.0546 e. The Kier molecular flexibility index (Phi) is 6.36. The third-order valence-corrected chi connectivity index (χ3v) is 5.04. The van der Waals surface area contributed by atoms with Gasteiger partial charge in [-0.05, 0) is 85.0 Å². The summed E-state index contributed by atoms with van der Waals surface area (Å²) < 4.78 is 2.52. The number of hydrogen-bond donors (Lipinski definition) is 1. The van der Waals surface area contributed by atoms with E-state index >= 15 is 0 Å². The fourth-order valence-electron chi connectivity index (χ4n) is 2.59. The summed E-state index contributed by atoms with van der Waals surface area (Å²) in [6.07, 6.45) is 8.79. The van der Waals surface area contributed by atoms with Crippen LogP contribution in [0.25, 0.3) is 0 Å². The van der Waals surface area contributed by atoms with Gasteiger partial charge in [0, 0.05) is 8.04 Å². The quantitative estimate of drug-likeness (QED) is 0.471. The molecule has 1 unspecified atom stereocenters. The van der Waals surface area contributed by atoms with Crippen LogP contribution in [0.2, 0.25) is 0 Å². The van der Waals surface area contributed by atoms with Gasteiger partial charge < -0.3 is 5.32 Å². The normalized spacial score (nSPS) is 17.1. The second-order valence-corrected chi connectivity index (χ2v) is 7.16. The Morgan fingerprint density at radius 3 is 2.89 bits per heavy atom. The van der Waals surface area contributed by atoms with E-state index in [2.05, 4.69) is 75.0 Å². The van der Waals surface area contributed by atoms with Crippen molar-refractivity contribution in [3.8, 4) is 0 Å². The molecule has 0 radical (unpaired) electrons. The number of nitrogens with one attached hydrogen (secondary N) is 1. The predicted octanol–water partition coefficient (Wildman–Crippen LogP) is 5.59. The van der Waals surface area contributed by atoms with Gasteiger partial charge in [0.2, 0.25) is 0 Å². The van der Waals surface area contributed by atoms with E-state index in [4.69, 9.17) is 0 Å². The van der Waals surface area contributed by atoms with Crippen molar-refractivity contribution in [2.24, 2.45) is 0 Å². The molecule has 1 N–H and O–H groups in total. The Labute approximate surface area is 138 Å². The summed E-state index contributed by atoms with van der Waals surface area (Å²) in [5.74, 6) is 0. The van der Waals surface area contributed by atoms with Crippen LogP contribution in [0.1, 0.15) is 50.6 Å². The van der Waals surface area contributed by atoms with E-state index in [0.717, 1.165) is 6.54 Å². The van der Waals surface area contributed by atoms with Crippen molar-refractivity contribution < 1.29 is 0 Å². The molecule has 0 saturated carbocycles. The second-order valence-electron chi connectivity index (χ2n) is 5.08. The number of allylic oxidation sites excluding steroid dienone is 1. The predicted molar refractivity (Wildman–Crippen MR) is 94.4 cm³/mol. The zero-order valence-electron chi connectivity index (χ0n) is 11.4. The van der Waals surface area contributed by atoms with Crippen molar-refractivity contribution in [1.82, 2.24) is 5.32 Å². The average molecular weight is 434 g/mol. The number of hydrogen-bond acceptors (Lipinski definition) is 1. The summed E-state index contributed by atoms with van der Waals surface area (Å²) in [5, 5.41) is 3.73. The first-order chi connectivity index (χ1) is 9.22. The van der Waals surface area contributed by atoms with Gasteiger partial charge in [-0.2, -0.15) is 0 Å². The second kappa shape index (κ2) is 7.79. The SMILES string of the molecule is CCCNC(C1=CCCCC1)c1cc(Br)ccc1I. The van der Waals surface area contributed by atoms with Gasteiger partial charge in [0.05, 0.1) is 6.04 Å². The van der Waals surface area contributed by atoms with Crippen LogP contribution in [-0.2, 0) is 0 Å². The summed E-state index contributed by atoms with van der Waals surface area (Å²) in [6.45, 7) is 3.30. The number of halogens is 2. The Morgan fingerprint density at radius 2 is 2.21 bits per heavy atom. The van der Waals surface area contributed by atoms with Crippen LogP contribution in [-0.4, -0.2) is 6.54 Å². The van der Waals surface area contributed by atoms with E-state index in [1.807, 2.05) is 0 Å². The minimum absolute atomic E-state index is 0.393. The highest BCUT2D eigenvalue weighted by molar-refractivity contribution is 14.1. The topological polar surface area (TPSA) is 12.0 Å². The molecule has 2 rings (SSSR count). The Morgan fingerprint density at radius 1 is 1.37 bits per heavy atom. The lowest BCUT2D eigenvalue weighted by Gasteiger charge is -2.26. The minimum Gasteiger partial charge on any atom is -0.307 e. The molecule has 0 bridgehead atoms. The van der Waals surface area contributed by atoms with E-state index < -0.39 is 0 Å². The lowest BCUT2D eigenvalue weighted by atomic mass is 9.90.